The third-order valence-corrected chi connectivity index (χ3v) is 3.61. The first kappa shape index (κ1) is 13.7. The van der Waals surface area contributed by atoms with Crippen molar-refractivity contribution < 1.29 is 0 Å². The number of para-hydroxylation sites is 1. The van der Waals surface area contributed by atoms with Crippen LogP contribution in [0.4, 0.5) is 5.69 Å². The van der Waals surface area contributed by atoms with E-state index in [4.69, 9.17) is 11.6 Å². The molecule has 2 aromatic heterocycles. The number of benzene rings is 1. The Morgan fingerprint density at radius 1 is 1.33 bits per heavy atom. The average molecular weight is 302 g/mol. The molecular formula is C15H16ClN5. The Morgan fingerprint density at radius 2 is 2.19 bits per heavy atom. The van der Waals surface area contributed by atoms with Crippen molar-refractivity contribution in [2.75, 3.05) is 5.32 Å². The molecule has 1 aromatic carbocycles. The Balaban J connectivity index is 1.88. The number of rotatable bonds is 5. The molecule has 0 aliphatic heterocycles. The van der Waals surface area contributed by atoms with Crippen molar-refractivity contribution in [3.8, 4) is 5.69 Å². The van der Waals surface area contributed by atoms with Gasteiger partial charge in [-0.2, -0.15) is 5.10 Å². The predicted molar refractivity (Wildman–Crippen MR) is 83.9 cm³/mol. The molecule has 0 unspecified atom stereocenters. The van der Waals surface area contributed by atoms with Crippen molar-refractivity contribution in [3.63, 3.8) is 0 Å². The summed E-state index contributed by atoms with van der Waals surface area (Å²) in [4.78, 5) is 7.27. The van der Waals surface area contributed by atoms with Crippen LogP contribution in [-0.4, -0.2) is 19.7 Å². The van der Waals surface area contributed by atoms with Crippen molar-refractivity contribution in [1.29, 1.82) is 0 Å². The molecule has 0 spiro atoms. The van der Waals surface area contributed by atoms with Crippen molar-refractivity contribution in [3.05, 3.63) is 59.4 Å². The third-order valence-electron chi connectivity index (χ3n) is 3.29. The summed E-state index contributed by atoms with van der Waals surface area (Å²) in [5.41, 5.74) is 2.98. The Hall–Kier alpha value is -2.27. The van der Waals surface area contributed by atoms with Gasteiger partial charge in [0, 0.05) is 12.4 Å². The molecular weight excluding hydrogens is 286 g/mol. The molecule has 6 heteroatoms. The fourth-order valence-electron chi connectivity index (χ4n) is 2.27. The fourth-order valence-corrected chi connectivity index (χ4v) is 2.48. The summed E-state index contributed by atoms with van der Waals surface area (Å²) in [6.45, 7) is 2.73. The monoisotopic (exact) mass is 301 g/mol. The zero-order valence-electron chi connectivity index (χ0n) is 11.7. The van der Waals surface area contributed by atoms with Gasteiger partial charge in [0.1, 0.15) is 5.82 Å². The largest absolute Gasteiger partial charge is 0.375 e. The molecule has 3 aromatic rings. The van der Waals surface area contributed by atoms with Gasteiger partial charge in [-0.1, -0.05) is 30.7 Å². The zero-order chi connectivity index (χ0) is 14.7. The Bertz CT molecular complexity index is 718. The highest BCUT2D eigenvalue weighted by Crippen LogP contribution is 2.25. The maximum atomic E-state index is 6.26. The molecule has 0 radical (unpaired) electrons. The van der Waals surface area contributed by atoms with Gasteiger partial charge in [0.25, 0.3) is 0 Å². The van der Waals surface area contributed by atoms with E-state index in [1.165, 1.54) is 0 Å². The van der Waals surface area contributed by atoms with E-state index in [0.29, 0.717) is 11.6 Å². The quantitative estimate of drug-likeness (QED) is 0.759. The number of halogens is 1. The summed E-state index contributed by atoms with van der Waals surface area (Å²) in [5, 5.41) is 8.50. The molecule has 2 heterocycles. The lowest BCUT2D eigenvalue weighted by molar-refractivity contribution is 0.814. The molecule has 0 atom stereocenters. The number of nitrogens with zero attached hydrogens (tertiary/aromatic N) is 3. The number of hydrogen-bond donors (Lipinski definition) is 2. The Kier molecular flexibility index (Phi) is 3.92. The maximum absolute atomic E-state index is 6.26. The van der Waals surface area contributed by atoms with Crippen molar-refractivity contribution in [2.45, 2.75) is 19.9 Å². The zero-order valence-corrected chi connectivity index (χ0v) is 12.4. The van der Waals surface area contributed by atoms with Crippen LogP contribution in [0, 0.1) is 0 Å². The molecule has 5 nitrogen and oxygen atoms in total. The minimum atomic E-state index is 0.633. The first-order valence-electron chi connectivity index (χ1n) is 6.83. The predicted octanol–water partition coefficient (Wildman–Crippen LogP) is 3.42. The van der Waals surface area contributed by atoms with Gasteiger partial charge < -0.3 is 10.3 Å². The number of anilines is 1. The molecule has 0 aliphatic carbocycles. The summed E-state index contributed by atoms with van der Waals surface area (Å²) in [6, 6.07) is 7.70. The smallest absolute Gasteiger partial charge is 0.125 e. The lowest BCUT2D eigenvalue weighted by atomic mass is 10.2. The Labute approximate surface area is 128 Å². The summed E-state index contributed by atoms with van der Waals surface area (Å²) >= 11 is 6.26. The van der Waals surface area contributed by atoms with Crippen LogP contribution in [0.2, 0.25) is 5.02 Å². The molecule has 0 saturated carbocycles. The van der Waals surface area contributed by atoms with Crippen molar-refractivity contribution in [2.24, 2.45) is 0 Å². The number of H-pyrrole nitrogens is 1. The molecule has 0 saturated heterocycles. The van der Waals surface area contributed by atoms with E-state index in [9.17, 15) is 0 Å². The van der Waals surface area contributed by atoms with E-state index < -0.39 is 0 Å². The van der Waals surface area contributed by atoms with Crippen LogP contribution in [0.25, 0.3) is 5.69 Å². The summed E-state index contributed by atoms with van der Waals surface area (Å²) in [7, 11) is 0. The second-order valence-electron chi connectivity index (χ2n) is 4.61. The van der Waals surface area contributed by atoms with Crippen LogP contribution < -0.4 is 5.32 Å². The van der Waals surface area contributed by atoms with E-state index in [-0.39, 0.29) is 0 Å². The van der Waals surface area contributed by atoms with Gasteiger partial charge in [-0.25, -0.2) is 9.67 Å². The minimum Gasteiger partial charge on any atom is -0.375 e. The van der Waals surface area contributed by atoms with E-state index in [2.05, 4.69) is 27.3 Å². The van der Waals surface area contributed by atoms with Gasteiger partial charge >= 0.3 is 0 Å². The van der Waals surface area contributed by atoms with Gasteiger partial charge in [0.2, 0.25) is 0 Å². The van der Waals surface area contributed by atoms with Crippen molar-refractivity contribution >= 4 is 17.3 Å². The van der Waals surface area contributed by atoms with Crippen molar-refractivity contribution in [1.82, 2.24) is 19.7 Å². The lowest BCUT2D eigenvalue weighted by Gasteiger charge is -2.10. The second-order valence-corrected chi connectivity index (χ2v) is 5.02. The molecule has 0 bridgehead atoms. The van der Waals surface area contributed by atoms with E-state index in [1.807, 2.05) is 41.3 Å². The molecule has 108 valence electrons. The highest BCUT2D eigenvalue weighted by atomic mass is 35.5. The number of aromatic nitrogens is 4. The Morgan fingerprint density at radius 3 is 2.90 bits per heavy atom. The first-order chi connectivity index (χ1) is 10.3. The lowest BCUT2D eigenvalue weighted by Crippen LogP contribution is -2.06. The van der Waals surface area contributed by atoms with Gasteiger partial charge in [-0.3, -0.25) is 0 Å². The summed E-state index contributed by atoms with van der Waals surface area (Å²) in [6.07, 6.45) is 6.23. The standard InChI is InChI=1S/C15H16ClN5/c1-2-13-12(19-10-15-17-7-8-18-15)9-20-21(13)14-6-4-3-5-11(14)16/h3-9,19H,2,10H2,1H3,(H,17,18). The van der Waals surface area contributed by atoms with E-state index in [0.717, 1.165) is 29.3 Å². The SMILES string of the molecule is CCc1c(NCc2ncc[nH]2)cnn1-c1ccccc1Cl. The average Bonchev–Trinajstić information content (AvgIpc) is 3.14. The third kappa shape index (κ3) is 2.78. The number of aromatic amines is 1. The number of imidazole rings is 1. The molecule has 21 heavy (non-hydrogen) atoms. The normalized spacial score (nSPS) is 10.8. The van der Waals surface area contributed by atoms with Crippen LogP contribution in [-0.2, 0) is 13.0 Å². The van der Waals surface area contributed by atoms with Crippen LogP contribution >= 0.6 is 11.6 Å². The van der Waals surface area contributed by atoms with Gasteiger partial charge in [0.15, 0.2) is 0 Å². The molecule has 0 amide bonds. The van der Waals surface area contributed by atoms with Crippen LogP contribution in [0.5, 0.6) is 0 Å². The molecule has 0 fully saturated rings. The number of hydrogen-bond acceptors (Lipinski definition) is 3. The fraction of sp³-hybridized carbons (Fsp3) is 0.200. The van der Waals surface area contributed by atoms with Gasteiger partial charge in [-0.05, 0) is 18.6 Å². The van der Waals surface area contributed by atoms with Crippen LogP contribution in [0.15, 0.2) is 42.9 Å². The highest BCUT2D eigenvalue weighted by molar-refractivity contribution is 6.32. The summed E-state index contributed by atoms with van der Waals surface area (Å²) < 4.78 is 1.88. The second kappa shape index (κ2) is 6.01. The first-order valence-corrected chi connectivity index (χ1v) is 7.21. The topological polar surface area (TPSA) is 58.5 Å². The maximum Gasteiger partial charge on any atom is 0.125 e. The van der Waals surface area contributed by atoms with Gasteiger partial charge in [0.05, 0.1) is 34.8 Å². The minimum absolute atomic E-state index is 0.633. The molecule has 3 rings (SSSR count). The van der Waals surface area contributed by atoms with Gasteiger partial charge in [-0.15, -0.1) is 0 Å². The van der Waals surface area contributed by atoms with Crippen LogP contribution in [0.1, 0.15) is 18.4 Å². The van der Waals surface area contributed by atoms with E-state index in [1.54, 1.807) is 6.20 Å². The molecule has 2 N–H and O–H groups in total. The molecule has 0 aliphatic rings. The highest BCUT2D eigenvalue weighted by Gasteiger charge is 2.12. The van der Waals surface area contributed by atoms with E-state index >= 15 is 0 Å². The van der Waals surface area contributed by atoms with Crippen LogP contribution in [0.3, 0.4) is 0 Å². The summed E-state index contributed by atoms with van der Waals surface area (Å²) in [5.74, 6) is 0.891. The number of nitrogens with one attached hydrogen (secondary N) is 2.